The minimum absolute atomic E-state index is 0.0926. The Morgan fingerprint density at radius 2 is 1.96 bits per heavy atom. The Labute approximate surface area is 156 Å². The van der Waals surface area contributed by atoms with Crippen LogP contribution in [-0.4, -0.2) is 33.4 Å². The van der Waals surface area contributed by atoms with Gasteiger partial charge in [0.2, 0.25) is 0 Å². The van der Waals surface area contributed by atoms with Crippen molar-refractivity contribution in [3.05, 3.63) is 51.0 Å². The van der Waals surface area contributed by atoms with Crippen molar-refractivity contribution in [1.29, 1.82) is 0 Å². The van der Waals surface area contributed by atoms with Crippen molar-refractivity contribution < 1.29 is 14.7 Å². The van der Waals surface area contributed by atoms with E-state index in [1.165, 1.54) is 24.2 Å². The number of aliphatic carboxylic acids is 1. The van der Waals surface area contributed by atoms with E-state index in [0.29, 0.717) is 17.3 Å². The van der Waals surface area contributed by atoms with Gasteiger partial charge in [-0.25, -0.2) is 4.98 Å². The zero-order valence-electron chi connectivity index (χ0n) is 14.8. The number of carbonyl (C=O) groups excluding carboxylic acids is 1. The van der Waals surface area contributed by atoms with E-state index >= 15 is 0 Å². The van der Waals surface area contributed by atoms with E-state index in [1.807, 2.05) is 31.2 Å². The van der Waals surface area contributed by atoms with Crippen LogP contribution in [0.2, 0.25) is 0 Å². The van der Waals surface area contributed by atoms with Crippen LogP contribution in [0.5, 0.6) is 0 Å². The summed E-state index contributed by atoms with van der Waals surface area (Å²) < 4.78 is 0. The van der Waals surface area contributed by atoms with Crippen molar-refractivity contribution in [2.75, 3.05) is 6.54 Å². The topological polar surface area (TPSA) is 70.5 Å². The summed E-state index contributed by atoms with van der Waals surface area (Å²) in [7, 11) is 0. The Bertz CT molecular complexity index is 854. The lowest BCUT2D eigenvalue weighted by Crippen LogP contribution is -2.40. The first-order chi connectivity index (χ1) is 12.5. The zero-order chi connectivity index (χ0) is 18.3. The van der Waals surface area contributed by atoms with Gasteiger partial charge in [0.25, 0.3) is 5.91 Å². The summed E-state index contributed by atoms with van der Waals surface area (Å²) in [6.07, 6.45) is 4.77. The molecule has 0 bridgehead atoms. The second-order valence-corrected chi connectivity index (χ2v) is 8.25. The molecule has 1 aliphatic heterocycles. The fourth-order valence-electron chi connectivity index (χ4n) is 4.08. The molecule has 1 atom stereocenters. The number of rotatable bonds is 3. The first kappa shape index (κ1) is 17.2. The number of carbonyl (C=O) groups is 2. The average molecular weight is 370 g/mol. The molecule has 6 heteroatoms. The molecule has 2 aliphatic rings. The van der Waals surface area contributed by atoms with Gasteiger partial charge in [-0.3, -0.25) is 9.59 Å². The van der Waals surface area contributed by atoms with E-state index in [1.54, 1.807) is 4.90 Å². The predicted molar refractivity (Wildman–Crippen MR) is 99.6 cm³/mol. The second-order valence-electron chi connectivity index (χ2n) is 7.22. The SMILES string of the molecule is Cc1nc(C2CCCC2)sc1C(=O)N1Cc2ccccc2C(C(=O)O)C1. The number of benzene rings is 1. The lowest BCUT2D eigenvalue weighted by Gasteiger charge is -2.32. The van der Waals surface area contributed by atoms with Crippen LogP contribution in [0, 0.1) is 6.92 Å². The molecule has 4 rings (SSSR count). The van der Waals surface area contributed by atoms with Gasteiger partial charge < -0.3 is 10.0 Å². The highest BCUT2D eigenvalue weighted by atomic mass is 32.1. The number of hydrogen-bond acceptors (Lipinski definition) is 4. The molecule has 1 aromatic heterocycles. The van der Waals surface area contributed by atoms with Crippen LogP contribution in [0.15, 0.2) is 24.3 Å². The van der Waals surface area contributed by atoms with Gasteiger partial charge in [0.05, 0.1) is 16.6 Å². The van der Waals surface area contributed by atoms with Crippen molar-refractivity contribution in [2.24, 2.45) is 0 Å². The van der Waals surface area contributed by atoms with Gasteiger partial charge in [-0.1, -0.05) is 37.1 Å². The number of hydrogen-bond donors (Lipinski definition) is 1. The summed E-state index contributed by atoms with van der Waals surface area (Å²) >= 11 is 1.50. The normalized spacial score (nSPS) is 20.2. The standard InChI is InChI=1S/C20H22N2O3S/c1-12-17(26-18(21-12)13-6-2-3-7-13)19(23)22-10-14-8-4-5-9-15(14)16(11-22)20(24)25/h4-5,8-9,13,16H,2-3,6-7,10-11H2,1H3,(H,24,25). The van der Waals surface area contributed by atoms with E-state index in [9.17, 15) is 14.7 Å². The number of nitrogens with zero attached hydrogens (tertiary/aromatic N) is 2. The summed E-state index contributed by atoms with van der Waals surface area (Å²) in [5.74, 6) is -1.17. The molecule has 2 aromatic rings. The maximum absolute atomic E-state index is 13.1. The van der Waals surface area contributed by atoms with Gasteiger partial charge in [0, 0.05) is 19.0 Å². The van der Waals surface area contributed by atoms with Gasteiger partial charge in [0.15, 0.2) is 0 Å². The molecule has 1 fully saturated rings. The highest BCUT2D eigenvalue weighted by molar-refractivity contribution is 7.13. The summed E-state index contributed by atoms with van der Waals surface area (Å²) in [6, 6.07) is 7.51. The molecule has 1 N–H and O–H groups in total. The fourth-order valence-corrected chi connectivity index (χ4v) is 5.28. The van der Waals surface area contributed by atoms with E-state index in [4.69, 9.17) is 0 Å². The van der Waals surface area contributed by atoms with Gasteiger partial charge in [-0.15, -0.1) is 11.3 Å². The maximum atomic E-state index is 13.1. The third kappa shape index (κ3) is 3.03. The summed E-state index contributed by atoms with van der Waals surface area (Å²) in [4.78, 5) is 31.8. The molecule has 0 radical (unpaired) electrons. The maximum Gasteiger partial charge on any atom is 0.312 e. The summed E-state index contributed by atoms with van der Waals surface area (Å²) in [5, 5.41) is 10.7. The van der Waals surface area contributed by atoms with E-state index < -0.39 is 11.9 Å². The quantitative estimate of drug-likeness (QED) is 0.889. The molecule has 1 amide bonds. The Kier molecular flexibility index (Phi) is 4.53. The molecule has 1 saturated carbocycles. The minimum atomic E-state index is -0.886. The smallest absolute Gasteiger partial charge is 0.312 e. The number of carboxylic acid groups (broad SMARTS) is 1. The number of aromatic nitrogens is 1. The summed E-state index contributed by atoms with van der Waals surface area (Å²) in [6.45, 7) is 2.55. The highest BCUT2D eigenvalue weighted by Crippen LogP contribution is 2.38. The number of amides is 1. The van der Waals surface area contributed by atoms with Crippen molar-refractivity contribution in [3.8, 4) is 0 Å². The lowest BCUT2D eigenvalue weighted by atomic mass is 9.89. The number of carboxylic acids is 1. The van der Waals surface area contributed by atoms with Crippen molar-refractivity contribution in [3.63, 3.8) is 0 Å². The Hall–Kier alpha value is -2.21. The Balaban J connectivity index is 1.62. The van der Waals surface area contributed by atoms with Crippen LogP contribution in [0.4, 0.5) is 0 Å². The largest absolute Gasteiger partial charge is 0.481 e. The first-order valence-electron chi connectivity index (χ1n) is 9.12. The molecule has 136 valence electrons. The molecule has 1 aromatic carbocycles. The Morgan fingerprint density at radius 3 is 2.69 bits per heavy atom. The van der Waals surface area contributed by atoms with Crippen LogP contribution < -0.4 is 0 Å². The van der Waals surface area contributed by atoms with E-state index in [0.717, 1.165) is 34.7 Å². The predicted octanol–water partition coefficient (Wildman–Crippen LogP) is 3.93. The van der Waals surface area contributed by atoms with Gasteiger partial charge in [-0.2, -0.15) is 0 Å². The number of thiazole rings is 1. The van der Waals surface area contributed by atoms with Gasteiger partial charge in [-0.05, 0) is 30.9 Å². The molecule has 1 aliphatic carbocycles. The van der Waals surface area contributed by atoms with Crippen molar-refractivity contribution in [1.82, 2.24) is 9.88 Å². The first-order valence-corrected chi connectivity index (χ1v) is 9.93. The van der Waals surface area contributed by atoms with Crippen LogP contribution in [-0.2, 0) is 11.3 Å². The molecule has 26 heavy (non-hydrogen) atoms. The second kappa shape index (κ2) is 6.83. The molecule has 0 saturated heterocycles. The molecule has 0 spiro atoms. The van der Waals surface area contributed by atoms with E-state index in [2.05, 4.69) is 4.98 Å². The third-order valence-corrected chi connectivity index (χ3v) is 6.80. The van der Waals surface area contributed by atoms with Gasteiger partial charge >= 0.3 is 5.97 Å². The van der Waals surface area contributed by atoms with Crippen molar-refractivity contribution in [2.45, 2.75) is 51.0 Å². The lowest BCUT2D eigenvalue weighted by molar-refractivity contribution is -0.139. The molecule has 5 nitrogen and oxygen atoms in total. The third-order valence-electron chi connectivity index (χ3n) is 5.49. The number of fused-ring (bicyclic) bond motifs is 1. The fraction of sp³-hybridized carbons (Fsp3) is 0.450. The molecular weight excluding hydrogens is 348 g/mol. The summed E-state index contributed by atoms with van der Waals surface area (Å²) in [5.41, 5.74) is 2.50. The van der Waals surface area contributed by atoms with Crippen LogP contribution >= 0.6 is 11.3 Å². The van der Waals surface area contributed by atoms with Crippen LogP contribution in [0.25, 0.3) is 0 Å². The molecular formula is C20H22N2O3S. The van der Waals surface area contributed by atoms with Crippen LogP contribution in [0.3, 0.4) is 0 Å². The Morgan fingerprint density at radius 1 is 1.23 bits per heavy atom. The minimum Gasteiger partial charge on any atom is -0.481 e. The van der Waals surface area contributed by atoms with E-state index in [-0.39, 0.29) is 12.5 Å². The molecule has 2 heterocycles. The highest BCUT2D eigenvalue weighted by Gasteiger charge is 2.34. The molecule has 1 unspecified atom stereocenters. The zero-order valence-corrected chi connectivity index (χ0v) is 15.6. The average Bonchev–Trinajstić information content (AvgIpc) is 3.29. The van der Waals surface area contributed by atoms with Crippen LogP contribution in [0.1, 0.15) is 69.0 Å². The van der Waals surface area contributed by atoms with Crippen molar-refractivity contribution >= 4 is 23.2 Å². The number of aryl methyl sites for hydroxylation is 1. The monoisotopic (exact) mass is 370 g/mol. The van der Waals surface area contributed by atoms with Gasteiger partial charge in [0.1, 0.15) is 4.88 Å².